The van der Waals surface area contributed by atoms with Gasteiger partial charge in [0.2, 0.25) is 0 Å². The summed E-state index contributed by atoms with van der Waals surface area (Å²) >= 11 is 0. The Labute approximate surface area is 548 Å². The van der Waals surface area contributed by atoms with E-state index < -0.39 is 0 Å². The Morgan fingerprint density at radius 3 is 1.53 bits per heavy atom. The fraction of sp³-hybridized carbons (Fsp3) is 0.302. The van der Waals surface area contributed by atoms with E-state index in [2.05, 4.69) is 341 Å². The lowest BCUT2D eigenvalue weighted by molar-refractivity contribution is 0.195. The van der Waals surface area contributed by atoms with Gasteiger partial charge in [0.05, 0.1) is 22.3 Å². The van der Waals surface area contributed by atoms with Crippen LogP contribution in [0.15, 0.2) is 206 Å². The van der Waals surface area contributed by atoms with Crippen molar-refractivity contribution in [3.8, 4) is 5.69 Å². The van der Waals surface area contributed by atoms with Crippen molar-refractivity contribution in [3.63, 3.8) is 0 Å². The topological polar surface area (TPSA) is 17.9 Å². The van der Waals surface area contributed by atoms with Gasteiger partial charge < -0.3 is 24.2 Å². The largest absolute Gasteiger partial charge is 0.334 e. The summed E-state index contributed by atoms with van der Waals surface area (Å²) in [6.07, 6.45) is 4.70. The minimum atomic E-state index is -0.195. The predicted molar refractivity (Wildman–Crippen MR) is 397 cm³/mol. The van der Waals surface area contributed by atoms with Gasteiger partial charge in [-0.3, -0.25) is 0 Å². The maximum Gasteiger partial charge on any atom is 0.252 e. The van der Waals surface area contributed by atoms with E-state index in [-0.39, 0.29) is 39.3 Å². The zero-order valence-electron chi connectivity index (χ0n) is 57.3. The second-order valence-electron chi connectivity index (χ2n) is 32.0. The highest BCUT2D eigenvalue weighted by Gasteiger charge is 2.59. The highest BCUT2D eigenvalue weighted by molar-refractivity contribution is 7.00. The number of para-hydroxylation sites is 3. The van der Waals surface area contributed by atoms with Gasteiger partial charge >= 0.3 is 0 Å². The number of hydrogen-bond donors (Lipinski definition) is 0. The van der Waals surface area contributed by atoms with E-state index in [1.165, 1.54) is 135 Å². The van der Waals surface area contributed by atoms with Crippen molar-refractivity contribution < 1.29 is 0 Å². The van der Waals surface area contributed by atoms with Crippen molar-refractivity contribution in [2.45, 2.75) is 169 Å². The van der Waals surface area contributed by atoms with Crippen LogP contribution >= 0.6 is 0 Å². The van der Waals surface area contributed by atoms with Gasteiger partial charge in [-0.2, -0.15) is 0 Å². The number of rotatable bonds is 7. The Balaban J connectivity index is 1.05. The van der Waals surface area contributed by atoms with Crippen LogP contribution < -0.4 is 36.0 Å². The van der Waals surface area contributed by atoms with Crippen LogP contribution in [-0.2, 0) is 27.1 Å². The molecule has 11 aromatic rings. The maximum atomic E-state index is 2.78. The fourth-order valence-corrected chi connectivity index (χ4v) is 16.6. The molecule has 92 heavy (non-hydrogen) atoms. The summed E-state index contributed by atoms with van der Waals surface area (Å²) in [5.74, 6) is 0. The summed E-state index contributed by atoms with van der Waals surface area (Å²) in [5, 5.41) is 2.47. The molecule has 1 saturated carbocycles. The smallest absolute Gasteiger partial charge is 0.252 e. The zero-order chi connectivity index (χ0) is 64.3. The van der Waals surface area contributed by atoms with Gasteiger partial charge in [0, 0.05) is 78.7 Å². The summed E-state index contributed by atoms with van der Waals surface area (Å²) in [6.45, 7) is 38.0. The van der Waals surface area contributed by atoms with Gasteiger partial charge in [0.25, 0.3) is 6.71 Å². The molecule has 4 heterocycles. The van der Waals surface area contributed by atoms with Crippen LogP contribution in [0.3, 0.4) is 0 Å². The number of hydrogen-bond acceptors (Lipinski definition) is 4. The minimum absolute atomic E-state index is 0.00180. The van der Waals surface area contributed by atoms with Gasteiger partial charge in [-0.25, -0.2) is 0 Å². The third-order valence-corrected chi connectivity index (χ3v) is 21.9. The van der Waals surface area contributed by atoms with Gasteiger partial charge in [-0.15, -0.1) is 0 Å². The highest BCUT2D eigenvalue weighted by Crippen LogP contribution is 2.62. The highest BCUT2D eigenvalue weighted by atomic mass is 15.3. The standard InChI is InChI=1S/C86H90BN5/c1-55-47-59(83(9,10)11)48-56(2)80(55)91-75-52-66(88(62-37-33-57(34-38-62)81(3,4)5)65-41-43-68-67-31-23-24-32-72(67)89(73(68)51-65)61-27-19-17-20-28-61)42-44-70(75)87-71-54-74-69(85(15)45-25-26-46-86(85,16)92(74)64-29-21-18-22-30-64)53-76(71)90(63-39-35-58(36-40-63)82(6,7)8)77-49-60(84(12,13)14)50-78(91)79(77)87/h17-24,27-44,47-54H,25-26,45-46H2,1-16H3. The Morgan fingerprint density at radius 2 is 0.902 bits per heavy atom. The normalized spacial score (nSPS) is 17.8. The Kier molecular flexibility index (Phi) is 13.5. The third-order valence-electron chi connectivity index (χ3n) is 21.9. The first-order valence-corrected chi connectivity index (χ1v) is 33.9. The number of nitrogens with zero attached hydrogens (tertiary/aromatic N) is 5. The number of benzene rings is 10. The minimum Gasteiger partial charge on any atom is -0.334 e. The molecule has 0 amide bonds. The van der Waals surface area contributed by atoms with Crippen LogP contribution in [0.4, 0.5) is 62.6 Å². The monoisotopic (exact) mass is 1200 g/mol. The van der Waals surface area contributed by atoms with E-state index in [1.807, 2.05) is 0 Å². The lowest BCUT2D eigenvalue weighted by Crippen LogP contribution is -2.61. The van der Waals surface area contributed by atoms with E-state index >= 15 is 0 Å². The first-order valence-electron chi connectivity index (χ1n) is 33.9. The van der Waals surface area contributed by atoms with E-state index in [0.29, 0.717) is 0 Å². The Bertz CT molecular complexity index is 4720. The van der Waals surface area contributed by atoms with Crippen LogP contribution in [0.1, 0.15) is 162 Å². The number of fused-ring (bicyclic) bond motifs is 10. The fourth-order valence-electron chi connectivity index (χ4n) is 16.6. The SMILES string of the molecule is Cc1cc(C(C)(C)C)cc(C)c1N1c2cc(N(c3ccc(C(C)(C)C)cc3)c3ccc4c5ccccc5n(-c5ccccc5)c4c3)ccc2B2c3cc4c(cc3N(c3ccc(C(C)(C)C)cc3)c3cc(C(C)(C)C)cc1c32)C1(C)CCCCC1(C)N4c1ccccc1. The van der Waals surface area contributed by atoms with Crippen molar-refractivity contribution in [1.82, 2.24) is 4.57 Å². The third kappa shape index (κ3) is 9.22. The first kappa shape index (κ1) is 59.6. The van der Waals surface area contributed by atoms with Gasteiger partial charge in [0.1, 0.15) is 0 Å². The van der Waals surface area contributed by atoms with Crippen LogP contribution in [0.5, 0.6) is 0 Å². The van der Waals surface area contributed by atoms with E-state index in [1.54, 1.807) is 0 Å². The summed E-state index contributed by atoms with van der Waals surface area (Å²) in [7, 11) is 0. The second-order valence-corrected chi connectivity index (χ2v) is 32.0. The summed E-state index contributed by atoms with van der Waals surface area (Å²) in [4.78, 5) is 10.7. The molecular weight excluding hydrogens is 1110 g/mol. The molecule has 0 saturated heterocycles. The van der Waals surface area contributed by atoms with Gasteiger partial charge in [-0.1, -0.05) is 206 Å². The number of aryl methyl sites for hydroxylation is 2. The average molecular weight is 1200 g/mol. The molecule has 1 aromatic heterocycles. The molecule has 1 fully saturated rings. The van der Waals surface area contributed by atoms with Crippen molar-refractivity contribution >= 4 is 107 Å². The molecule has 2 unspecified atom stereocenters. The molecule has 0 bridgehead atoms. The van der Waals surface area contributed by atoms with Crippen molar-refractivity contribution in [2.24, 2.45) is 0 Å². The van der Waals surface area contributed by atoms with E-state index in [0.717, 1.165) is 35.6 Å². The molecule has 0 radical (unpaired) electrons. The first-order chi connectivity index (χ1) is 43.7. The molecule has 6 heteroatoms. The molecule has 15 rings (SSSR count). The molecular formula is C86H90BN5. The van der Waals surface area contributed by atoms with Crippen LogP contribution in [0.2, 0.25) is 0 Å². The van der Waals surface area contributed by atoms with Crippen molar-refractivity contribution in [1.29, 1.82) is 0 Å². The quantitative estimate of drug-likeness (QED) is 0.148. The molecule has 2 atom stereocenters. The molecule has 5 nitrogen and oxygen atoms in total. The van der Waals surface area contributed by atoms with Gasteiger partial charge in [0.15, 0.2) is 0 Å². The van der Waals surface area contributed by atoms with Crippen molar-refractivity contribution in [3.05, 3.63) is 245 Å². The summed E-state index contributed by atoms with van der Waals surface area (Å²) in [5.41, 5.74) is 29.6. The van der Waals surface area contributed by atoms with Crippen LogP contribution in [-0.4, -0.2) is 16.8 Å². The van der Waals surface area contributed by atoms with E-state index in [4.69, 9.17) is 0 Å². The average Bonchev–Trinajstić information content (AvgIpc) is 1.28. The van der Waals surface area contributed by atoms with E-state index in [9.17, 15) is 0 Å². The number of aromatic nitrogens is 1. The van der Waals surface area contributed by atoms with Crippen LogP contribution in [0.25, 0.3) is 27.5 Å². The van der Waals surface area contributed by atoms with Gasteiger partial charge in [-0.05, 0) is 214 Å². The molecule has 0 N–H and O–H groups in total. The van der Waals surface area contributed by atoms with Crippen LogP contribution in [0, 0.1) is 13.8 Å². The molecule has 3 aliphatic heterocycles. The molecule has 4 aliphatic rings. The lowest BCUT2D eigenvalue weighted by Gasteiger charge is -2.50. The lowest BCUT2D eigenvalue weighted by atomic mass is 9.33. The number of anilines is 11. The molecule has 0 spiro atoms. The predicted octanol–water partition coefficient (Wildman–Crippen LogP) is 21.9. The second kappa shape index (κ2) is 20.9. The molecule has 462 valence electrons. The zero-order valence-corrected chi connectivity index (χ0v) is 57.3. The Morgan fingerprint density at radius 1 is 0.391 bits per heavy atom. The summed E-state index contributed by atoms with van der Waals surface area (Å²) < 4.78 is 2.45. The molecule has 10 aromatic carbocycles. The molecule has 1 aliphatic carbocycles. The Hall–Kier alpha value is -8.74. The summed E-state index contributed by atoms with van der Waals surface area (Å²) in [6, 6.07) is 80.3. The maximum absolute atomic E-state index is 2.78. The van der Waals surface area contributed by atoms with Crippen molar-refractivity contribution in [2.75, 3.05) is 19.6 Å².